The normalized spacial score (nSPS) is 8.93. The molecule has 4 aromatic rings. The fourth-order valence-corrected chi connectivity index (χ4v) is 6.98. The smallest absolute Gasteiger partial charge is 0.338 e. The minimum Gasteiger partial charge on any atom is -0.463 e. The average Bonchev–Trinajstić information content (AvgIpc) is 0.903. The third-order valence-corrected chi connectivity index (χ3v) is 13.1. The van der Waals surface area contributed by atoms with Gasteiger partial charge in [0.25, 0.3) is 0 Å². The largest absolute Gasteiger partial charge is 0.463 e. The van der Waals surface area contributed by atoms with Crippen molar-refractivity contribution in [3.63, 3.8) is 0 Å². The van der Waals surface area contributed by atoms with Gasteiger partial charge < -0.3 is 33.2 Å². The minimum atomic E-state index is -0.563. The third-order valence-electron chi connectivity index (χ3n) is 13.1. The fourth-order valence-electron chi connectivity index (χ4n) is 6.98. The molecule has 4 aromatic carbocycles. The van der Waals surface area contributed by atoms with E-state index in [-0.39, 0.29) is 43.1 Å². The number of nitriles is 8. The molecular weight excluding hydrogens is 1310 g/mol. The Balaban J connectivity index is -0.000000548. The van der Waals surface area contributed by atoms with E-state index in [9.17, 15) is 33.6 Å². The molecule has 103 heavy (non-hydrogen) atoms. The summed E-state index contributed by atoms with van der Waals surface area (Å²) in [4.78, 5) is 75.1. The van der Waals surface area contributed by atoms with Crippen molar-refractivity contribution in [1.29, 1.82) is 42.1 Å². The van der Waals surface area contributed by atoms with Crippen LogP contribution in [-0.4, -0.2) is 68.2 Å². The van der Waals surface area contributed by atoms with E-state index in [1.54, 1.807) is 98.8 Å². The molecule has 0 amide bonds. The molecule has 0 aliphatic heterocycles. The van der Waals surface area contributed by atoms with Crippen LogP contribution in [0.2, 0.25) is 0 Å². The van der Waals surface area contributed by atoms with Crippen molar-refractivity contribution in [2.24, 2.45) is 5.41 Å². The average molecular weight is 1400 g/mol. The Bertz CT molecular complexity index is 3670. The number of aryl methyl sites for hydroxylation is 1. The van der Waals surface area contributed by atoms with Gasteiger partial charge in [-0.25, -0.2) is 33.6 Å². The molecule has 0 heterocycles. The van der Waals surface area contributed by atoms with Gasteiger partial charge in [-0.15, -0.1) is 0 Å². The topological polar surface area (TPSA) is 374 Å². The highest BCUT2D eigenvalue weighted by molar-refractivity contribution is 5.89. The molecule has 540 valence electrons. The lowest BCUT2D eigenvalue weighted by molar-refractivity contribution is -0.143. The summed E-state index contributed by atoms with van der Waals surface area (Å²) >= 11 is 0. The van der Waals surface area contributed by atoms with Crippen molar-refractivity contribution in [3.8, 4) is 54.3 Å². The van der Waals surface area contributed by atoms with Crippen molar-refractivity contribution >= 4 is 47.9 Å². The quantitative estimate of drug-likeness (QED) is 0.0140. The first-order valence-corrected chi connectivity index (χ1v) is 32.2. The standard InChI is InChI=1S/C13H13NO2.C13H21NO2.2C11H9NO2.C10H15NO2.C9H13NO2.C9H7N.C5H5NO2/c1-10(2)13(15)16-12-7-5-11(6-8-12)4-3-9-14;1-5-13(6-2,8-7-9-14)10-16-12(15)11(3)4;1-2-11(13)14-8-10-5-3-9(7-12)4-6-10;1-2-11(13)14-8-10-6-4-3-5-9(10)7-12;1-2-10(12)13-9-7-5-3-4-6-8-11;1-2-9(11)12-8-6-4-3-5-7-10;1-2-8-3-5-9(7-10)6-4-8;1-2-5(7)8-4-3-6/h5-8H,1,3-4H2,2H3;3,5-8,10H2,1-2,4H3;2*2-6H,1,8H2;2H,1,3-7,9H2;2H,1,3-6,8H2;2-6H,1H2;2H,1,4H2. The molecule has 0 fully saturated rings. The maximum atomic E-state index is 11.3. The summed E-state index contributed by atoms with van der Waals surface area (Å²) in [5, 5.41) is 67.0. The van der Waals surface area contributed by atoms with Gasteiger partial charge in [-0.2, -0.15) is 42.1 Å². The highest BCUT2D eigenvalue weighted by Crippen LogP contribution is 2.32. The monoisotopic (exact) mass is 1400 g/mol. The Morgan fingerprint density at radius 2 is 0.864 bits per heavy atom. The van der Waals surface area contributed by atoms with Crippen LogP contribution >= 0.6 is 0 Å². The lowest BCUT2D eigenvalue weighted by Gasteiger charge is -2.30. The molecule has 0 unspecified atom stereocenters. The maximum absolute atomic E-state index is 11.3. The molecule has 0 saturated heterocycles. The SMILES string of the molecule is C=C(C)C(=O)OCC(CC)(CC)CCC#N.C=C(C)C(=O)Oc1ccc(CCC#N)cc1.C=CC(=O)OCC#N.C=CC(=O)OCCCCCC#N.C=CC(=O)OCCCCCCC#N.C=CC(=O)OCc1ccc(C#N)cc1.C=CC(=O)OCc1ccccc1C#N.C=Cc1ccc(C#N)cc1. The third kappa shape index (κ3) is 55.7. The first-order valence-electron chi connectivity index (χ1n) is 32.2. The fraction of sp³-hybridized carbons (Fsp3) is 0.321. The van der Waals surface area contributed by atoms with Gasteiger partial charge in [0.05, 0.1) is 79.0 Å². The Hall–Kier alpha value is -13.0. The van der Waals surface area contributed by atoms with Crippen LogP contribution < -0.4 is 4.74 Å². The van der Waals surface area contributed by atoms with Crippen LogP contribution in [0.15, 0.2) is 191 Å². The molecule has 0 radical (unpaired) electrons. The number of hydrogen-bond acceptors (Lipinski definition) is 22. The zero-order chi connectivity index (χ0) is 78.3. The first kappa shape index (κ1) is 96.4. The number of ether oxygens (including phenoxy) is 7. The van der Waals surface area contributed by atoms with E-state index < -0.39 is 23.9 Å². The van der Waals surface area contributed by atoms with E-state index in [1.165, 1.54) is 0 Å². The molecule has 0 saturated carbocycles. The summed E-state index contributed by atoms with van der Waals surface area (Å²) in [5.74, 6) is -2.52. The molecule has 0 bridgehead atoms. The van der Waals surface area contributed by atoms with Gasteiger partial charge in [0.15, 0.2) is 6.61 Å². The second-order valence-corrected chi connectivity index (χ2v) is 20.8. The lowest BCUT2D eigenvalue weighted by atomic mass is 9.79. The number of unbranched alkanes of at least 4 members (excludes halogenated alkanes) is 7. The van der Waals surface area contributed by atoms with Gasteiger partial charge >= 0.3 is 41.8 Å². The number of benzene rings is 4. The second kappa shape index (κ2) is 66.3. The molecule has 22 nitrogen and oxygen atoms in total. The number of carbonyl (C=O) groups excluding carboxylic acids is 7. The van der Waals surface area contributed by atoms with Crippen molar-refractivity contribution in [2.75, 3.05) is 26.4 Å². The highest BCUT2D eigenvalue weighted by Gasteiger charge is 2.28. The van der Waals surface area contributed by atoms with E-state index in [2.05, 4.69) is 95.5 Å². The van der Waals surface area contributed by atoms with Gasteiger partial charge in [0.1, 0.15) is 25.0 Å². The summed E-state index contributed by atoms with van der Waals surface area (Å²) in [5.41, 5.74) is 6.16. The Morgan fingerprint density at radius 1 is 0.437 bits per heavy atom. The van der Waals surface area contributed by atoms with Crippen LogP contribution in [0.25, 0.3) is 6.08 Å². The summed E-state index contributed by atoms with van der Waals surface area (Å²) in [6.07, 6.45) is 19.2. The molecule has 0 aromatic heterocycles. The summed E-state index contributed by atoms with van der Waals surface area (Å²) in [7, 11) is 0. The number of rotatable bonds is 33. The van der Waals surface area contributed by atoms with Crippen LogP contribution in [0.5, 0.6) is 5.75 Å². The number of hydrogen-bond donors (Lipinski definition) is 0. The molecule has 0 spiro atoms. The van der Waals surface area contributed by atoms with Gasteiger partial charge in [-0.1, -0.05) is 140 Å². The van der Waals surface area contributed by atoms with Crippen molar-refractivity contribution < 1.29 is 66.7 Å². The zero-order valence-electron chi connectivity index (χ0n) is 59.5. The van der Waals surface area contributed by atoms with E-state index in [1.807, 2.05) is 42.5 Å². The van der Waals surface area contributed by atoms with Gasteiger partial charge in [0.2, 0.25) is 0 Å². The number of carbonyl (C=O) groups is 7. The maximum Gasteiger partial charge on any atom is 0.338 e. The van der Waals surface area contributed by atoms with Crippen LogP contribution in [-0.2, 0) is 81.6 Å². The molecule has 0 aliphatic rings. The van der Waals surface area contributed by atoms with Crippen LogP contribution in [0.3, 0.4) is 0 Å². The van der Waals surface area contributed by atoms with Crippen molar-refractivity contribution in [2.45, 2.75) is 137 Å². The van der Waals surface area contributed by atoms with Gasteiger partial charge in [0, 0.05) is 78.2 Å². The van der Waals surface area contributed by atoms with Gasteiger partial charge in [-0.3, -0.25) is 0 Å². The van der Waals surface area contributed by atoms with Crippen LogP contribution in [0.1, 0.15) is 157 Å². The minimum absolute atomic E-state index is 0.0547. The highest BCUT2D eigenvalue weighted by atomic mass is 16.6. The van der Waals surface area contributed by atoms with Crippen molar-refractivity contribution in [3.05, 3.63) is 230 Å². The number of esters is 7. The summed E-state index contributed by atoms with van der Waals surface area (Å²) in [6.45, 7) is 35.6. The molecule has 0 aliphatic carbocycles. The van der Waals surface area contributed by atoms with Crippen LogP contribution in [0, 0.1) is 96.1 Å². The Morgan fingerprint density at radius 3 is 1.29 bits per heavy atom. The van der Waals surface area contributed by atoms with Crippen LogP contribution in [0.4, 0.5) is 0 Å². The van der Waals surface area contributed by atoms with Crippen molar-refractivity contribution in [1.82, 2.24) is 0 Å². The lowest BCUT2D eigenvalue weighted by Crippen LogP contribution is -2.27. The Kier molecular flexibility index (Phi) is 62.0. The Labute approximate surface area is 607 Å². The second-order valence-electron chi connectivity index (χ2n) is 20.8. The molecule has 0 atom stereocenters. The molecule has 22 heteroatoms. The van der Waals surface area contributed by atoms with E-state index in [0.717, 1.165) is 111 Å². The summed E-state index contributed by atoms with van der Waals surface area (Å²) < 4.78 is 33.6. The molecular formula is C81H92N8O14. The molecule has 4 rings (SSSR count). The van der Waals surface area contributed by atoms with Gasteiger partial charge in [-0.05, 0) is 131 Å². The summed E-state index contributed by atoms with van der Waals surface area (Å²) in [6, 6.07) is 44.3. The van der Waals surface area contributed by atoms with E-state index >= 15 is 0 Å². The zero-order valence-corrected chi connectivity index (χ0v) is 59.5. The molecule has 0 N–H and O–H groups in total. The van der Waals surface area contributed by atoms with E-state index in [0.29, 0.717) is 91.1 Å². The first-order chi connectivity index (χ1) is 49.5. The predicted octanol–water partition coefficient (Wildman–Crippen LogP) is 15.8. The predicted molar refractivity (Wildman–Crippen MR) is 390 cm³/mol. The number of nitrogens with zero attached hydrogens (tertiary/aromatic N) is 8. The van der Waals surface area contributed by atoms with E-state index in [4.69, 9.17) is 70.5 Å².